The molecule has 0 saturated carbocycles. The number of carbonyl (C=O) groups is 2. The Balaban J connectivity index is 1.58. The average molecular weight is 382 g/mol. The maximum absolute atomic E-state index is 12.4. The Hall–Kier alpha value is -3.09. The molecule has 3 rings (SSSR count). The van der Waals surface area contributed by atoms with E-state index in [9.17, 15) is 9.59 Å². The number of amides is 2. The van der Waals surface area contributed by atoms with E-state index < -0.39 is 0 Å². The fourth-order valence-corrected chi connectivity index (χ4v) is 3.29. The number of benzene rings is 1. The molecule has 7 nitrogen and oxygen atoms in total. The molecule has 0 bridgehead atoms. The average Bonchev–Trinajstić information content (AvgIpc) is 2.74. The largest absolute Gasteiger partial charge is 0.495 e. The fourth-order valence-electron chi connectivity index (χ4n) is 3.29. The number of aromatic nitrogens is 1. The van der Waals surface area contributed by atoms with Gasteiger partial charge in [-0.1, -0.05) is 6.07 Å². The summed E-state index contributed by atoms with van der Waals surface area (Å²) < 4.78 is 5.40. The Morgan fingerprint density at radius 2 is 2.07 bits per heavy atom. The quantitative estimate of drug-likeness (QED) is 0.710. The first-order chi connectivity index (χ1) is 13.7. The molecule has 2 aromatic rings. The Morgan fingerprint density at radius 1 is 1.25 bits per heavy atom. The number of hydrogen-bond donors (Lipinski definition) is 1. The summed E-state index contributed by atoms with van der Waals surface area (Å²) in [5.41, 5.74) is 2.81. The molecule has 1 fully saturated rings. The van der Waals surface area contributed by atoms with Crippen molar-refractivity contribution in [2.24, 2.45) is 0 Å². The van der Waals surface area contributed by atoms with Crippen LogP contribution in [-0.2, 0) is 16.0 Å². The van der Waals surface area contributed by atoms with Gasteiger partial charge in [-0.2, -0.15) is 0 Å². The molecule has 28 heavy (non-hydrogen) atoms. The van der Waals surface area contributed by atoms with Gasteiger partial charge in [0.2, 0.25) is 12.3 Å². The second-order valence-corrected chi connectivity index (χ2v) is 6.78. The van der Waals surface area contributed by atoms with Crippen molar-refractivity contribution >= 4 is 23.7 Å². The van der Waals surface area contributed by atoms with Gasteiger partial charge in [0.1, 0.15) is 5.75 Å². The number of nitrogens with zero attached hydrogens (tertiary/aromatic N) is 3. The molecule has 1 N–H and O–H groups in total. The van der Waals surface area contributed by atoms with Crippen molar-refractivity contribution in [1.29, 1.82) is 0 Å². The third-order valence-electron chi connectivity index (χ3n) is 4.88. The summed E-state index contributed by atoms with van der Waals surface area (Å²) in [5, 5.41) is 2.97. The highest BCUT2D eigenvalue weighted by Gasteiger charge is 2.17. The second kappa shape index (κ2) is 9.73. The summed E-state index contributed by atoms with van der Waals surface area (Å²) in [6, 6.07) is 9.71. The number of anilines is 2. The van der Waals surface area contributed by atoms with E-state index in [0.29, 0.717) is 30.9 Å². The first-order valence-corrected chi connectivity index (χ1v) is 9.50. The number of nitrogens with one attached hydrogen (secondary N) is 1. The van der Waals surface area contributed by atoms with Crippen molar-refractivity contribution in [3.8, 4) is 5.75 Å². The smallest absolute Gasteiger partial charge is 0.224 e. The molecular weight excluding hydrogens is 356 g/mol. The highest BCUT2D eigenvalue weighted by Crippen LogP contribution is 2.30. The Labute approximate surface area is 165 Å². The lowest BCUT2D eigenvalue weighted by Crippen LogP contribution is -2.45. The highest BCUT2D eigenvalue weighted by atomic mass is 16.5. The molecule has 0 aliphatic carbocycles. The predicted molar refractivity (Wildman–Crippen MR) is 109 cm³/mol. The van der Waals surface area contributed by atoms with Gasteiger partial charge < -0.3 is 19.9 Å². The lowest BCUT2D eigenvalue weighted by Gasteiger charge is -2.34. The van der Waals surface area contributed by atoms with Gasteiger partial charge in [0.25, 0.3) is 0 Å². The van der Waals surface area contributed by atoms with Crippen molar-refractivity contribution in [2.45, 2.75) is 19.3 Å². The van der Waals surface area contributed by atoms with Crippen LogP contribution < -0.4 is 15.0 Å². The topological polar surface area (TPSA) is 74.8 Å². The van der Waals surface area contributed by atoms with E-state index in [-0.39, 0.29) is 5.91 Å². The monoisotopic (exact) mass is 382 g/mol. The molecule has 0 spiro atoms. The van der Waals surface area contributed by atoms with Crippen molar-refractivity contribution in [3.05, 3.63) is 48.3 Å². The van der Waals surface area contributed by atoms with Crippen LogP contribution in [0.1, 0.15) is 18.4 Å². The maximum Gasteiger partial charge on any atom is 0.224 e. The molecule has 7 heteroatoms. The number of piperazine rings is 1. The van der Waals surface area contributed by atoms with Crippen LogP contribution in [0.3, 0.4) is 0 Å². The summed E-state index contributed by atoms with van der Waals surface area (Å²) in [6.07, 6.45) is 6.47. The molecule has 1 aromatic carbocycles. The third-order valence-corrected chi connectivity index (χ3v) is 4.88. The minimum absolute atomic E-state index is 0.0369. The molecule has 148 valence electrons. The van der Waals surface area contributed by atoms with E-state index in [4.69, 9.17) is 4.74 Å². The van der Waals surface area contributed by atoms with Crippen LogP contribution >= 0.6 is 0 Å². The number of aryl methyl sites for hydroxylation is 1. The highest BCUT2D eigenvalue weighted by molar-refractivity contribution is 5.93. The summed E-state index contributed by atoms with van der Waals surface area (Å²) >= 11 is 0. The molecule has 0 unspecified atom stereocenters. The van der Waals surface area contributed by atoms with Gasteiger partial charge in [-0.25, -0.2) is 0 Å². The van der Waals surface area contributed by atoms with E-state index >= 15 is 0 Å². The van der Waals surface area contributed by atoms with E-state index in [1.165, 1.54) is 0 Å². The molecule has 2 amide bonds. The molecule has 0 atom stereocenters. The van der Waals surface area contributed by atoms with Crippen LogP contribution in [-0.4, -0.2) is 55.5 Å². The SMILES string of the molecule is COc1ccc(N2CCN(C=O)CC2)cc1NC(=O)CCCc1cccnc1. The first-order valence-electron chi connectivity index (χ1n) is 9.50. The molecule has 0 radical (unpaired) electrons. The van der Waals surface area contributed by atoms with Gasteiger partial charge in [0.15, 0.2) is 0 Å². The second-order valence-electron chi connectivity index (χ2n) is 6.78. The van der Waals surface area contributed by atoms with Crippen molar-refractivity contribution < 1.29 is 14.3 Å². The van der Waals surface area contributed by atoms with Crippen molar-refractivity contribution in [1.82, 2.24) is 9.88 Å². The van der Waals surface area contributed by atoms with E-state index in [0.717, 1.165) is 43.6 Å². The van der Waals surface area contributed by atoms with Crippen LogP contribution in [0.5, 0.6) is 5.75 Å². The molecule has 1 aliphatic heterocycles. The zero-order valence-corrected chi connectivity index (χ0v) is 16.1. The van der Waals surface area contributed by atoms with Gasteiger partial charge in [-0.05, 0) is 42.7 Å². The molecule has 2 heterocycles. The van der Waals surface area contributed by atoms with Crippen molar-refractivity contribution in [2.75, 3.05) is 43.5 Å². The number of methoxy groups -OCH3 is 1. The lowest BCUT2D eigenvalue weighted by atomic mass is 10.1. The van der Waals surface area contributed by atoms with Gasteiger partial charge in [0, 0.05) is 50.7 Å². The Kier molecular flexibility index (Phi) is 6.84. The van der Waals surface area contributed by atoms with Crippen LogP contribution in [0, 0.1) is 0 Å². The normalized spacial score (nSPS) is 13.9. The van der Waals surface area contributed by atoms with Gasteiger partial charge in [-0.15, -0.1) is 0 Å². The third kappa shape index (κ3) is 5.22. The molecule has 1 saturated heterocycles. The minimum atomic E-state index is -0.0369. The van der Waals surface area contributed by atoms with Crippen LogP contribution in [0.15, 0.2) is 42.7 Å². The molecule has 1 aliphatic rings. The molecular formula is C21H26N4O3. The summed E-state index contributed by atoms with van der Waals surface area (Å²) in [6.45, 7) is 2.93. The Bertz CT molecular complexity index is 789. The summed E-state index contributed by atoms with van der Waals surface area (Å²) in [4.78, 5) is 31.3. The lowest BCUT2D eigenvalue weighted by molar-refractivity contribution is -0.118. The first kappa shape index (κ1) is 19.7. The predicted octanol–water partition coefficient (Wildman–Crippen LogP) is 2.33. The van der Waals surface area contributed by atoms with E-state index in [1.807, 2.05) is 36.5 Å². The van der Waals surface area contributed by atoms with Gasteiger partial charge in [0.05, 0.1) is 12.8 Å². The minimum Gasteiger partial charge on any atom is -0.495 e. The number of pyridine rings is 1. The van der Waals surface area contributed by atoms with E-state index in [2.05, 4.69) is 15.2 Å². The van der Waals surface area contributed by atoms with Crippen LogP contribution in [0.25, 0.3) is 0 Å². The van der Waals surface area contributed by atoms with E-state index in [1.54, 1.807) is 18.2 Å². The molecule has 1 aromatic heterocycles. The summed E-state index contributed by atoms with van der Waals surface area (Å²) in [7, 11) is 1.59. The zero-order chi connectivity index (χ0) is 19.8. The fraction of sp³-hybridized carbons (Fsp3) is 0.381. The summed E-state index contributed by atoms with van der Waals surface area (Å²) in [5.74, 6) is 0.598. The van der Waals surface area contributed by atoms with Gasteiger partial charge in [-0.3, -0.25) is 14.6 Å². The maximum atomic E-state index is 12.4. The van der Waals surface area contributed by atoms with Gasteiger partial charge >= 0.3 is 0 Å². The van der Waals surface area contributed by atoms with Crippen LogP contribution in [0.2, 0.25) is 0 Å². The number of ether oxygens (including phenoxy) is 1. The number of rotatable bonds is 8. The van der Waals surface area contributed by atoms with Crippen molar-refractivity contribution in [3.63, 3.8) is 0 Å². The number of hydrogen-bond acceptors (Lipinski definition) is 5. The van der Waals surface area contributed by atoms with Crippen LogP contribution in [0.4, 0.5) is 11.4 Å². The zero-order valence-electron chi connectivity index (χ0n) is 16.1. The Morgan fingerprint density at radius 3 is 2.75 bits per heavy atom. The number of carbonyl (C=O) groups excluding carboxylic acids is 2. The standard InChI is InChI=1S/C21H26N4O3/c1-28-20-8-7-18(25-12-10-24(16-26)11-13-25)14-19(20)23-21(27)6-2-4-17-5-3-9-22-15-17/h3,5,7-9,14-16H,2,4,6,10-13H2,1H3,(H,23,27).